The molecule has 0 aromatic rings. The van der Waals surface area contributed by atoms with Gasteiger partial charge in [-0.2, -0.15) is 0 Å². The van der Waals surface area contributed by atoms with Crippen LogP contribution in [0.5, 0.6) is 0 Å². The number of allylic oxidation sites excluding steroid dienone is 1. The van der Waals surface area contributed by atoms with Gasteiger partial charge in [-0.05, 0) is 0 Å². The fraction of sp³-hybridized carbons (Fsp3) is 0.200. The van der Waals surface area contributed by atoms with Crippen LogP contribution in [0.15, 0.2) is 12.7 Å². The van der Waals surface area contributed by atoms with Gasteiger partial charge in [0.05, 0.1) is 5.37 Å². The molecule has 0 aliphatic carbocycles. The van der Waals surface area contributed by atoms with E-state index in [1.807, 2.05) is 0 Å². The number of thiocarbonyl (C=S) groups is 2. The van der Waals surface area contributed by atoms with Crippen molar-refractivity contribution in [1.82, 2.24) is 0 Å². The second-order valence-corrected chi connectivity index (χ2v) is 1.71. The zero-order valence-corrected chi connectivity index (χ0v) is 5.44. The van der Waals surface area contributed by atoms with Crippen LogP contribution >= 0.6 is 24.4 Å². The molecule has 0 rings (SSSR count). The van der Waals surface area contributed by atoms with Gasteiger partial charge in [0.1, 0.15) is 0 Å². The molecule has 0 heterocycles. The Balaban J connectivity index is 3.36. The van der Waals surface area contributed by atoms with Gasteiger partial charge < -0.3 is 0 Å². The SMILES string of the molecule is C=CCC(=S)[C]=S. The molecule has 0 aromatic heterocycles. The molecule has 0 aromatic carbocycles. The lowest BCUT2D eigenvalue weighted by atomic mass is 10.3. The van der Waals surface area contributed by atoms with Crippen LogP contribution in [-0.4, -0.2) is 10.2 Å². The maximum absolute atomic E-state index is 4.67. The summed E-state index contributed by atoms with van der Waals surface area (Å²) in [4.78, 5) is 0.657. The summed E-state index contributed by atoms with van der Waals surface area (Å²) >= 11 is 9.07. The molecular formula is C5H5S2. The highest BCUT2D eigenvalue weighted by Crippen LogP contribution is 1.82. The summed E-state index contributed by atoms with van der Waals surface area (Å²) in [5.74, 6) is 0. The predicted molar refractivity (Wildman–Crippen MR) is 40.0 cm³/mol. The van der Waals surface area contributed by atoms with Gasteiger partial charge in [0.15, 0.2) is 0 Å². The van der Waals surface area contributed by atoms with Gasteiger partial charge in [0.25, 0.3) is 0 Å². The Morgan fingerprint density at radius 1 is 1.86 bits per heavy atom. The Bertz CT molecular complexity index is 94.3. The van der Waals surface area contributed by atoms with E-state index in [0.717, 1.165) is 0 Å². The quantitative estimate of drug-likeness (QED) is 0.421. The Labute approximate surface area is 54.2 Å². The Morgan fingerprint density at radius 2 is 2.43 bits per heavy atom. The first-order chi connectivity index (χ1) is 3.31. The zero-order chi connectivity index (χ0) is 5.70. The molecule has 0 aliphatic rings. The fourth-order valence-electron chi connectivity index (χ4n) is 0.173. The summed E-state index contributed by atoms with van der Waals surface area (Å²) < 4.78 is 0. The summed E-state index contributed by atoms with van der Waals surface area (Å²) in [5.41, 5.74) is 0. The molecule has 0 unspecified atom stereocenters. The van der Waals surface area contributed by atoms with Gasteiger partial charge >= 0.3 is 0 Å². The van der Waals surface area contributed by atoms with Crippen molar-refractivity contribution >= 4 is 34.7 Å². The first kappa shape index (κ1) is 6.92. The van der Waals surface area contributed by atoms with Gasteiger partial charge in [0, 0.05) is 11.3 Å². The van der Waals surface area contributed by atoms with Gasteiger partial charge in [-0.25, -0.2) is 0 Å². The minimum Gasteiger partial charge on any atom is -0.103 e. The molecule has 2 heteroatoms. The third kappa shape index (κ3) is 3.76. The molecule has 0 saturated carbocycles. The van der Waals surface area contributed by atoms with E-state index in [0.29, 0.717) is 11.3 Å². The Kier molecular flexibility index (Phi) is 4.04. The van der Waals surface area contributed by atoms with Crippen molar-refractivity contribution in [2.75, 3.05) is 0 Å². The Hall–Kier alpha value is -0.0800. The van der Waals surface area contributed by atoms with E-state index in [-0.39, 0.29) is 0 Å². The molecule has 0 fully saturated rings. The molecule has 37 valence electrons. The van der Waals surface area contributed by atoms with Crippen LogP contribution in [0.3, 0.4) is 0 Å². The van der Waals surface area contributed by atoms with Crippen molar-refractivity contribution in [3.05, 3.63) is 12.7 Å². The van der Waals surface area contributed by atoms with Crippen LogP contribution in [0, 0.1) is 0 Å². The minimum absolute atomic E-state index is 0.657. The van der Waals surface area contributed by atoms with E-state index in [1.165, 1.54) is 0 Å². The van der Waals surface area contributed by atoms with Crippen LogP contribution < -0.4 is 0 Å². The van der Waals surface area contributed by atoms with Gasteiger partial charge in [-0.15, -0.1) is 6.58 Å². The van der Waals surface area contributed by atoms with Crippen molar-refractivity contribution in [3.63, 3.8) is 0 Å². The maximum atomic E-state index is 4.67. The highest BCUT2D eigenvalue weighted by molar-refractivity contribution is 7.88. The highest BCUT2D eigenvalue weighted by atomic mass is 32.1. The van der Waals surface area contributed by atoms with Crippen LogP contribution in [-0.2, 0) is 0 Å². The summed E-state index contributed by atoms with van der Waals surface area (Å²) in [6, 6.07) is 0. The monoisotopic (exact) mass is 129 g/mol. The number of rotatable bonds is 3. The Morgan fingerprint density at radius 3 is 2.57 bits per heavy atom. The lowest BCUT2D eigenvalue weighted by Gasteiger charge is -1.80. The third-order valence-electron chi connectivity index (χ3n) is 0.444. The van der Waals surface area contributed by atoms with Crippen LogP contribution in [0.25, 0.3) is 0 Å². The van der Waals surface area contributed by atoms with Crippen LogP contribution in [0.2, 0.25) is 0 Å². The van der Waals surface area contributed by atoms with E-state index in [1.54, 1.807) is 6.08 Å². The van der Waals surface area contributed by atoms with Crippen molar-refractivity contribution in [2.24, 2.45) is 0 Å². The first-order valence-corrected chi connectivity index (χ1v) is 2.64. The number of hydrogen-bond donors (Lipinski definition) is 0. The van der Waals surface area contributed by atoms with Gasteiger partial charge in [0.2, 0.25) is 0 Å². The van der Waals surface area contributed by atoms with E-state index < -0.39 is 0 Å². The molecule has 0 bridgehead atoms. The van der Waals surface area contributed by atoms with Crippen molar-refractivity contribution < 1.29 is 0 Å². The molecular weight excluding hydrogens is 124 g/mol. The zero-order valence-electron chi connectivity index (χ0n) is 3.81. The highest BCUT2D eigenvalue weighted by Gasteiger charge is 1.82. The van der Waals surface area contributed by atoms with E-state index >= 15 is 0 Å². The molecule has 0 amide bonds. The van der Waals surface area contributed by atoms with Crippen molar-refractivity contribution in [2.45, 2.75) is 6.42 Å². The standard InChI is InChI=1S/C5H5S2/c1-2-3-5(7)4-6/h2H,1,3H2. The summed E-state index contributed by atoms with van der Waals surface area (Å²) in [7, 11) is 0. The molecule has 0 atom stereocenters. The lowest BCUT2D eigenvalue weighted by Crippen LogP contribution is -1.88. The average Bonchev–Trinajstić information content (AvgIpc) is 1.68. The minimum atomic E-state index is 0.657. The van der Waals surface area contributed by atoms with Crippen molar-refractivity contribution in [1.29, 1.82) is 0 Å². The molecule has 0 spiro atoms. The molecule has 0 nitrogen and oxygen atoms in total. The lowest BCUT2D eigenvalue weighted by molar-refractivity contribution is 1.58. The predicted octanol–water partition coefficient (Wildman–Crippen LogP) is 1.81. The largest absolute Gasteiger partial charge is 0.103 e. The van der Waals surface area contributed by atoms with Crippen LogP contribution in [0.1, 0.15) is 6.42 Å². The van der Waals surface area contributed by atoms with Crippen LogP contribution in [0.4, 0.5) is 0 Å². The van der Waals surface area contributed by atoms with E-state index in [4.69, 9.17) is 0 Å². The number of hydrogen-bond acceptors (Lipinski definition) is 2. The van der Waals surface area contributed by atoms with E-state index in [9.17, 15) is 0 Å². The average molecular weight is 129 g/mol. The van der Waals surface area contributed by atoms with Gasteiger partial charge in [-0.3, -0.25) is 0 Å². The topological polar surface area (TPSA) is 0 Å². The smallest absolute Gasteiger partial charge is 0.0711 e. The first-order valence-electron chi connectivity index (χ1n) is 1.83. The second-order valence-electron chi connectivity index (χ2n) is 1.02. The summed E-state index contributed by atoms with van der Waals surface area (Å²) in [5, 5.41) is 2.41. The molecule has 0 N–H and O–H groups in total. The van der Waals surface area contributed by atoms with Crippen molar-refractivity contribution in [3.8, 4) is 0 Å². The second kappa shape index (κ2) is 4.09. The molecule has 0 aliphatic heterocycles. The maximum Gasteiger partial charge on any atom is 0.0711 e. The third-order valence-corrected chi connectivity index (χ3v) is 1.09. The van der Waals surface area contributed by atoms with E-state index in [2.05, 4.69) is 36.4 Å². The normalized spacial score (nSPS) is 7.43. The molecule has 0 saturated heterocycles. The summed E-state index contributed by atoms with van der Waals surface area (Å²) in [6.45, 7) is 3.47. The van der Waals surface area contributed by atoms with Gasteiger partial charge in [-0.1, -0.05) is 30.5 Å². The molecule has 1 radical (unpaired) electrons. The fourth-order valence-corrected chi connectivity index (χ4v) is 0.374. The molecule has 7 heavy (non-hydrogen) atoms. The summed E-state index contributed by atoms with van der Waals surface area (Å²) in [6.07, 6.45) is 2.39.